The van der Waals surface area contributed by atoms with Crippen LogP contribution in [-0.4, -0.2) is 93.2 Å². The third-order valence-corrected chi connectivity index (χ3v) is 6.77. The van der Waals surface area contributed by atoms with Gasteiger partial charge < -0.3 is 39.6 Å². The first-order valence-electron chi connectivity index (χ1n) is 12.4. The number of benzene rings is 1. The van der Waals surface area contributed by atoms with Gasteiger partial charge in [-0.3, -0.25) is 0 Å². The van der Waals surface area contributed by atoms with Crippen LogP contribution in [0.1, 0.15) is 19.4 Å². The van der Waals surface area contributed by atoms with E-state index in [4.69, 9.17) is 28.9 Å². The van der Waals surface area contributed by atoms with Crippen LogP contribution in [-0.2, 0) is 14.2 Å². The lowest BCUT2D eigenvalue weighted by atomic mass is 10.0. The molecule has 3 saturated heterocycles. The summed E-state index contributed by atoms with van der Waals surface area (Å²) in [5.41, 5.74) is 1.87. The van der Waals surface area contributed by atoms with Crippen molar-refractivity contribution in [1.82, 2.24) is 15.3 Å². The van der Waals surface area contributed by atoms with E-state index in [1.54, 1.807) is 7.05 Å². The maximum atomic E-state index is 9.99. The van der Waals surface area contributed by atoms with E-state index < -0.39 is 6.10 Å². The molecule has 0 spiro atoms. The summed E-state index contributed by atoms with van der Waals surface area (Å²) in [4.78, 5) is 12.2. The Hall–Kier alpha value is -2.50. The van der Waals surface area contributed by atoms with Gasteiger partial charge in [-0.05, 0) is 32.5 Å². The molecule has 0 radical (unpaired) electrons. The topological polar surface area (TPSA) is 110 Å². The van der Waals surface area contributed by atoms with Crippen molar-refractivity contribution in [2.24, 2.45) is 5.92 Å². The van der Waals surface area contributed by atoms with Crippen molar-refractivity contribution in [1.29, 1.82) is 0 Å². The number of aromatic nitrogens is 2. The van der Waals surface area contributed by atoms with Crippen molar-refractivity contribution in [2.75, 3.05) is 69.9 Å². The molecule has 36 heavy (non-hydrogen) atoms. The Morgan fingerprint density at radius 3 is 2.83 bits per heavy atom. The van der Waals surface area contributed by atoms with Gasteiger partial charge in [-0.15, -0.1) is 0 Å². The van der Waals surface area contributed by atoms with Crippen LogP contribution in [0.4, 0.5) is 11.6 Å². The zero-order chi connectivity index (χ0) is 24.2. The van der Waals surface area contributed by atoms with Gasteiger partial charge in [0, 0.05) is 36.7 Å². The van der Waals surface area contributed by atoms with Crippen molar-refractivity contribution >= 4 is 11.6 Å². The molecule has 3 fully saturated rings. The standard InChI is InChI=1S/C25H35N5O5.CH4/c1-16-22(27-21-15-35-25-20(21)6-9-33-25)28-23(29-24(16)30-7-10-32-11-8-30)17-4-3-5-19(12-17)34-14-18(31)13-26-2;/h3-5,12,18,20-21,25-26,31H,6-11,13-15H2,1-2H3,(H,27,28,29);1H4. The van der Waals surface area contributed by atoms with Crippen LogP contribution >= 0.6 is 0 Å². The van der Waals surface area contributed by atoms with Crippen LogP contribution in [0.5, 0.6) is 5.75 Å². The maximum absolute atomic E-state index is 9.99. The van der Waals surface area contributed by atoms with Crippen molar-refractivity contribution in [3.05, 3.63) is 29.8 Å². The minimum absolute atomic E-state index is 0. The molecular weight excluding hydrogens is 462 g/mol. The zero-order valence-corrected chi connectivity index (χ0v) is 20.4. The number of hydrogen-bond donors (Lipinski definition) is 3. The first kappa shape index (κ1) is 26.6. The fourth-order valence-electron chi connectivity index (χ4n) is 4.86. The fraction of sp³-hybridized carbons (Fsp3) is 0.615. The highest BCUT2D eigenvalue weighted by Gasteiger charge is 2.42. The van der Waals surface area contributed by atoms with E-state index in [9.17, 15) is 5.11 Å². The number of ether oxygens (including phenoxy) is 4. The number of hydrogen-bond acceptors (Lipinski definition) is 10. The summed E-state index contributed by atoms with van der Waals surface area (Å²) < 4.78 is 22.9. The summed E-state index contributed by atoms with van der Waals surface area (Å²) in [7, 11) is 1.80. The Bertz CT molecular complexity index is 1000. The van der Waals surface area contributed by atoms with E-state index in [-0.39, 0.29) is 26.4 Å². The van der Waals surface area contributed by atoms with Gasteiger partial charge in [0.2, 0.25) is 0 Å². The minimum atomic E-state index is -0.583. The molecule has 198 valence electrons. The molecule has 0 bridgehead atoms. The van der Waals surface area contributed by atoms with Crippen LogP contribution in [0.2, 0.25) is 0 Å². The largest absolute Gasteiger partial charge is 0.491 e. The highest BCUT2D eigenvalue weighted by Crippen LogP contribution is 2.35. The van der Waals surface area contributed by atoms with Gasteiger partial charge in [0.1, 0.15) is 30.1 Å². The molecule has 0 aliphatic carbocycles. The lowest BCUT2D eigenvalue weighted by Crippen LogP contribution is -2.37. The van der Waals surface area contributed by atoms with Crippen molar-refractivity contribution in [2.45, 2.75) is 39.2 Å². The highest BCUT2D eigenvalue weighted by molar-refractivity contribution is 5.67. The van der Waals surface area contributed by atoms with Gasteiger partial charge in [-0.1, -0.05) is 19.6 Å². The Labute approximate surface area is 213 Å². The van der Waals surface area contributed by atoms with Crippen molar-refractivity contribution in [3.63, 3.8) is 0 Å². The molecule has 1 aromatic heterocycles. The molecule has 4 unspecified atom stereocenters. The lowest BCUT2D eigenvalue weighted by molar-refractivity contribution is -0.0904. The molecule has 10 heteroatoms. The molecule has 3 aliphatic heterocycles. The Morgan fingerprint density at radius 1 is 1.19 bits per heavy atom. The summed E-state index contributed by atoms with van der Waals surface area (Å²) in [6, 6.07) is 7.84. The third kappa shape index (κ3) is 5.90. The van der Waals surface area contributed by atoms with Crippen LogP contribution in [0, 0.1) is 12.8 Å². The summed E-state index contributed by atoms with van der Waals surface area (Å²) in [5, 5.41) is 16.6. The summed E-state index contributed by atoms with van der Waals surface area (Å²) in [5.74, 6) is 3.34. The minimum Gasteiger partial charge on any atom is -0.491 e. The average molecular weight is 502 g/mol. The quantitative estimate of drug-likeness (QED) is 0.472. The summed E-state index contributed by atoms with van der Waals surface area (Å²) >= 11 is 0. The van der Waals surface area contributed by atoms with E-state index in [1.165, 1.54) is 0 Å². The van der Waals surface area contributed by atoms with Crippen LogP contribution in [0.25, 0.3) is 11.4 Å². The normalized spacial score (nSPS) is 24.2. The van der Waals surface area contributed by atoms with E-state index in [0.717, 1.165) is 48.9 Å². The molecule has 10 nitrogen and oxygen atoms in total. The van der Waals surface area contributed by atoms with E-state index in [1.807, 2.05) is 24.3 Å². The Balaban J connectivity index is 0.00000304. The van der Waals surface area contributed by atoms with Gasteiger partial charge in [0.15, 0.2) is 12.1 Å². The Morgan fingerprint density at radius 2 is 2.03 bits per heavy atom. The van der Waals surface area contributed by atoms with Gasteiger partial charge in [0.25, 0.3) is 0 Å². The molecule has 4 heterocycles. The summed E-state index contributed by atoms with van der Waals surface area (Å²) in [6.45, 7) is 7.00. The smallest absolute Gasteiger partial charge is 0.164 e. The van der Waals surface area contributed by atoms with Gasteiger partial charge in [0.05, 0.1) is 32.5 Å². The summed E-state index contributed by atoms with van der Waals surface area (Å²) in [6.07, 6.45) is 0.272. The molecular formula is C26H39N5O5. The molecule has 5 rings (SSSR count). The maximum Gasteiger partial charge on any atom is 0.164 e. The molecule has 3 N–H and O–H groups in total. The molecule has 3 aliphatic rings. The second-order valence-electron chi connectivity index (χ2n) is 9.27. The second kappa shape index (κ2) is 12.2. The number of aliphatic hydroxyl groups is 1. The number of rotatable bonds is 9. The monoisotopic (exact) mass is 501 g/mol. The second-order valence-corrected chi connectivity index (χ2v) is 9.27. The first-order valence-corrected chi connectivity index (χ1v) is 12.4. The average Bonchev–Trinajstić information content (AvgIpc) is 3.50. The fourth-order valence-corrected chi connectivity index (χ4v) is 4.86. The van der Waals surface area contributed by atoms with E-state index in [2.05, 4.69) is 22.5 Å². The molecule has 0 amide bonds. The van der Waals surface area contributed by atoms with Gasteiger partial charge in [-0.2, -0.15) is 0 Å². The predicted molar refractivity (Wildman–Crippen MR) is 139 cm³/mol. The molecule has 1 aromatic carbocycles. The van der Waals surface area contributed by atoms with Crippen molar-refractivity contribution in [3.8, 4) is 17.1 Å². The van der Waals surface area contributed by atoms with Gasteiger partial charge in [-0.25, -0.2) is 9.97 Å². The molecule has 4 atom stereocenters. The van der Waals surface area contributed by atoms with E-state index in [0.29, 0.717) is 43.9 Å². The number of nitrogens with one attached hydrogen (secondary N) is 2. The van der Waals surface area contributed by atoms with Crippen LogP contribution in [0.15, 0.2) is 24.3 Å². The number of nitrogens with zero attached hydrogens (tertiary/aromatic N) is 3. The van der Waals surface area contributed by atoms with E-state index >= 15 is 0 Å². The number of likely N-dealkylation sites (N-methyl/N-ethyl adjacent to an activating group) is 1. The molecule has 0 saturated carbocycles. The number of aliphatic hydroxyl groups excluding tert-OH is 1. The number of anilines is 2. The molecule has 2 aromatic rings. The number of morpholine rings is 1. The van der Waals surface area contributed by atoms with Gasteiger partial charge >= 0.3 is 0 Å². The lowest BCUT2D eigenvalue weighted by Gasteiger charge is -2.30. The van der Waals surface area contributed by atoms with Crippen molar-refractivity contribution < 1.29 is 24.1 Å². The van der Waals surface area contributed by atoms with Crippen LogP contribution < -0.4 is 20.3 Å². The first-order chi connectivity index (χ1) is 17.1. The third-order valence-electron chi connectivity index (χ3n) is 6.77. The SMILES string of the molecule is C.CNCC(O)COc1cccc(-c2nc(NC3COC4OCCC34)c(C)c(N3CCOCC3)n2)c1. The van der Waals surface area contributed by atoms with Crippen LogP contribution in [0.3, 0.4) is 0 Å². The zero-order valence-electron chi connectivity index (χ0n) is 20.4. The highest BCUT2D eigenvalue weighted by atomic mass is 16.7. The number of fused-ring (bicyclic) bond motifs is 1. The predicted octanol–water partition coefficient (Wildman–Crippen LogP) is 2.06. The Kier molecular flexibility index (Phi) is 8.97.